The van der Waals surface area contributed by atoms with E-state index in [1.54, 1.807) is 34.4 Å². The van der Waals surface area contributed by atoms with Gasteiger partial charge in [0.25, 0.3) is 0 Å². The van der Waals surface area contributed by atoms with Crippen molar-refractivity contribution >= 4 is 29.2 Å². The molecule has 0 aliphatic carbocycles. The van der Waals surface area contributed by atoms with E-state index in [2.05, 4.69) is 0 Å². The van der Waals surface area contributed by atoms with Gasteiger partial charge in [0.1, 0.15) is 6.61 Å². The maximum absolute atomic E-state index is 13.4. The summed E-state index contributed by atoms with van der Waals surface area (Å²) in [6.45, 7) is 4.98. The topological polar surface area (TPSA) is 59.1 Å². The van der Waals surface area contributed by atoms with Gasteiger partial charge in [-0.3, -0.25) is 9.59 Å². The van der Waals surface area contributed by atoms with E-state index in [4.69, 9.17) is 9.47 Å². The van der Waals surface area contributed by atoms with E-state index in [0.29, 0.717) is 31.2 Å². The summed E-state index contributed by atoms with van der Waals surface area (Å²) in [6, 6.07) is 17.4. The molecule has 0 saturated heterocycles. The number of ether oxygens (including phenoxy) is 2. The number of amides is 2. The Morgan fingerprint density at radius 2 is 1.91 bits per heavy atom. The van der Waals surface area contributed by atoms with Crippen molar-refractivity contribution in [3.05, 3.63) is 87.7 Å². The highest BCUT2D eigenvalue weighted by atomic mass is 32.1. The van der Waals surface area contributed by atoms with Gasteiger partial charge in [0.15, 0.2) is 11.5 Å². The highest BCUT2D eigenvalue weighted by molar-refractivity contribution is 7.09. The highest BCUT2D eigenvalue weighted by Gasteiger charge is 2.29. The summed E-state index contributed by atoms with van der Waals surface area (Å²) in [5, 5.41) is 2.02. The van der Waals surface area contributed by atoms with Crippen molar-refractivity contribution in [2.24, 2.45) is 0 Å². The van der Waals surface area contributed by atoms with E-state index in [0.717, 1.165) is 21.6 Å². The number of thiophene rings is 1. The van der Waals surface area contributed by atoms with Crippen molar-refractivity contribution < 1.29 is 19.1 Å². The van der Waals surface area contributed by atoms with Crippen LogP contribution < -0.4 is 9.47 Å². The zero-order valence-corrected chi connectivity index (χ0v) is 21.1. The zero-order chi connectivity index (χ0) is 24.8. The molecule has 2 aromatic carbocycles. The molecule has 1 unspecified atom stereocenters. The van der Waals surface area contributed by atoms with Gasteiger partial charge in [-0.2, -0.15) is 0 Å². The van der Waals surface area contributed by atoms with Gasteiger partial charge in [0.2, 0.25) is 11.8 Å². The third-order valence-electron chi connectivity index (χ3n) is 6.12. The van der Waals surface area contributed by atoms with Crippen LogP contribution in [0, 0.1) is 0 Å². The second-order valence-corrected chi connectivity index (χ2v) is 9.38. The number of carbonyl (C=O) groups excluding carboxylic acids is 2. The number of hydrogen-bond donors (Lipinski definition) is 0. The molecule has 1 aromatic heterocycles. The Balaban J connectivity index is 1.47. The smallest absolute Gasteiger partial charge is 0.225 e. The average Bonchev–Trinajstić information content (AvgIpc) is 3.40. The van der Waals surface area contributed by atoms with Crippen LogP contribution >= 0.6 is 11.3 Å². The Morgan fingerprint density at radius 1 is 1.09 bits per heavy atom. The van der Waals surface area contributed by atoms with Crippen LogP contribution in [-0.2, 0) is 22.7 Å². The molecule has 0 spiro atoms. The van der Waals surface area contributed by atoms with E-state index in [-0.39, 0.29) is 24.3 Å². The number of fused-ring (bicyclic) bond motifs is 1. The molecule has 0 bridgehead atoms. The molecule has 4 rings (SSSR count). The van der Waals surface area contributed by atoms with Crippen molar-refractivity contribution in [1.82, 2.24) is 9.80 Å². The number of benzene rings is 2. The summed E-state index contributed by atoms with van der Waals surface area (Å²) in [5.74, 6) is 1.21. The quantitative estimate of drug-likeness (QED) is 0.389. The Morgan fingerprint density at radius 3 is 2.63 bits per heavy atom. The molecule has 2 amide bonds. The maximum Gasteiger partial charge on any atom is 0.225 e. The minimum absolute atomic E-state index is 0.00848. The lowest BCUT2D eigenvalue weighted by Crippen LogP contribution is -2.37. The summed E-state index contributed by atoms with van der Waals surface area (Å²) in [7, 11) is 1.62. The molecule has 0 radical (unpaired) electrons. The van der Waals surface area contributed by atoms with E-state index in [1.807, 2.05) is 73.0 Å². The molecule has 6 nitrogen and oxygen atoms in total. The normalized spacial score (nSPS) is 14.4. The summed E-state index contributed by atoms with van der Waals surface area (Å²) >= 11 is 1.65. The predicted molar refractivity (Wildman–Crippen MR) is 138 cm³/mol. The number of methoxy groups -OCH3 is 1. The van der Waals surface area contributed by atoms with Crippen LogP contribution in [0.4, 0.5) is 0 Å². The van der Waals surface area contributed by atoms with E-state index in [1.165, 1.54) is 6.92 Å². The molecule has 182 valence electrons. The summed E-state index contributed by atoms with van der Waals surface area (Å²) in [6.07, 6.45) is 3.91. The van der Waals surface area contributed by atoms with Crippen molar-refractivity contribution in [3.63, 3.8) is 0 Å². The molecule has 1 aliphatic rings. The Kier molecular flexibility index (Phi) is 7.87. The second kappa shape index (κ2) is 11.2. The Bertz CT molecular complexity index is 1210. The van der Waals surface area contributed by atoms with E-state index in [9.17, 15) is 9.59 Å². The fourth-order valence-corrected chi connectivity index (χ4v) is 4.89. The fraction of sp³-hybridized carbons (Fsp3) is 0.286. The van der Waals surface area contributed by atoms with Gasteiger partial charge in [0.05, 0.1) is 19.6 Å². The third-order valence-corrected chi connectivity index (χ3v) is 6.97. The summed E-state index contributed by atoms with van der Waals surface area (Å²) in [4.78, 5) is 30.3. The summed E-state index contributed by atoms with van der Waals surface area (Å²) in [5.41, 5.74) is 2.98. The first-order valence-electron chi connectivity index (χ1n) is 11.7. The first-order valence-corrected chi connectivity index (χ1v) is 12.5. The number of nitrogens with zero attached hydrogens (tertiary/aromatic N) is 2. The lowest BCUT2D eigenvalue weighted by atomic mass is 9.93. The van der Waals surface area contributed by atoms with Crippen LogP contribution in [0.15, 0.2) is 66.2 Å². The Labute approximate surface area is 210 Å². The molecular formula is C28H30N2O4S. The average molecular weight is 491 g/mol. The molecule has 2 heterocycles. The molecular weight excluding hydrogens is 460 g/mol. The van der Waals surface area contributed by atoms with Gasteiger partial charge in [-0.1, -0.05) is 36.4 Å². The van der Waals surface area contributed by atoms with Crippen molar-refractivity contribution in [2.45, 2.75) is 39.5 Å². The molecule has 7 heteroatoms. The number of hydrogen-bond acceptors (Lipinski definition) is 5. The van der Waals surface area contributed by atoms with Crippen LogP contribution in [0.1, 0.15) is 47.9 Å². The fourth-order valence-electron chi connectivity index (χ4n) is 4.28. The second-order valence-electron chi connectivity index (χ2n) is 8.35. The van der Waals surface area contributed by atoms with Gasteiger partial charge in [-0.25, -0.2) is 0 Å². The van der Waals surface area contributed by atoms with Crippen molar-refractivity contribution in [1.29, 1.82) is 0 Å². The SMILES string of the molecule is CCN(Cc1ccc(OCc2cccs2)c(OC)c1)C(=O)CC1c2ccccc2C=CN1C(C)=O. The first-order chi connectivity index (χ1) is 17.0. The predicted octanol–water partition coefficient (Wildman–Crippen LogP) is 5.65. The van der Waals surface area contributed by atoms with Crippen molar-refractivity contribution in [3.8, 4) is 11.5 Å². The molecule has 1 aliphatic heterocycles. The molecule has 3 aromatic rings. The van der Waals surface area contributed by atoms with E-state index >= 15 is 0 Å². The number of carbonyl (C=O) groups is 2. The van der Waals surface area contributed by atoms with Crippen LogP contribution in [0.25, 0.3) is 6.08 Å². The lowest BCUT2D eigenvalue weighted by Gasteiger charge is -2.33. The minimum Gasteiger partial charge on any atom is -0.493 e. The third kappa shape index (κ3) is 5.74. The molecule has 35 heavy (non-hydrogen) atoms. The van der Waals surface area contributed by atoms with Crippen LogP contribution in [0.3, 0.4) is 0 Å². The Hall–Kier alpha value is -3.58. The van der Waals surface area contributed by atoms with Gasteiger partial charge in [-0.15, -0.1) is 11.3 Å². The lowest BCUT2D eigenvalue weighted by molar-refractivity contribution is -0.135. The standard InChI is InChI=1S/C28H30N2O4S/c1-4-29(18-21-11-12-26(27(16-21)33-3)34-19-23-9-7-15-35-23)28(32)17-25-24-10-6-5-8-22(24)13-14-30(25)20(2)31/h5-16,25H,4,17-19H2,1-3H3. The van der Waals surface area contributed by atoms with E-state index < -0.39 is 0 Å². The monoisotopic (exact) mass is 490 g/mol. The number of rotatable bonds is 9. The van der Waals surface area contributed by atoms with Crippen LogP contribution in [0.5, 0.6) is 11.5 Å². The minimum atomic E-state index is -0.321. The molecule has 1 atom stereocenters. The first kappa shape index (κ1) is 24.5. The van der Waals surface area contributed by atoms with Crippen LogP contribution in [-0.4, -0.2) is 35.3 Å². The zero-order valence-electron chi connectivity index (χ0n) is 20.3. The van der Waals surface area contributed by atoms with Crippen LogP contribution in [0.2, 0.25) is 0 Å². The van der Waals surface area contributed by atoms with Gasteiger partial charge in [-0.05, 0) is 53.3 Å². The molecule has 0 N–H and O–H groups in total. The van der Waals surface area contributed by atoms with Gasteiger partial charge in [0, 0.05) is 31.1 Å². The molecule has 0 fully saturated rings. The maximum atomic E-state index is 13.4. The largest absolute Gasteiger partial charge is 0.493 e. The van der Waals surface area contributed by atoms with Gasteiger partial charge >= 0.3 is 0 Å². The van der Waals surface area contributed by atoms with Gasteiger partial charge < -0.3 is 19.3 Å². The van der Waals surface area contributed by atoms with Crippen molar-refractivity contribution in [2.75, 3.05) is 13.7 Å². The molecule has 0 saturated carbocycles. The summed E-state index contributed by atoms with van der Waals surface area (Å²) < 4.78 is 11.5. The highest BCUT2D eigenvalue weighted by Crippen LogP contribution is 2.34.